The van der Waals surface area contributed by atoms with Crippen LogP contribution in [0.25, 0.3) is 0 Å². The zero-order valence-electron chi connectivity index (χ0n) is 11.1. The highest BCUT2D eigenvalue weighted by atomic mass is 79.9. The Hall–Kier alpha value is -1.31. The first-order valence-corrected chi connectivity index (χ1v) is 8.20. The lowest BCUT2D eigenvalue weighted by Gasteiger charge is -2.18. The number of sulfonamides is 1. The van der Waals surface area contributed by atoms with Gasteiger partial charge in [0.25, 0.3) is 0 Å². The smallest absolute Gasteiger partial charge is 0.207 e. The first-order chi connectivity index (χ1) is 9.82. The Kier molecular flexibility index (Phi) is 4.75. The number of rotatable bonds is 4. The minimum Gasteiger partial charge on any atom is -0.207 e. The number of hydrogen-bond acceptors (Lipinski definition) is 2. The molecular weight excluding hydrogens is 364 g/mol. The molecule has 2 rings (SSSR count). The van der Waals surface area contributed by atoms with Gasteiger partial charge in [-0.3, -0.25) is 0 Å². The molecule has 0 heterocycles. The van der Waals surface area contributed by atoms with Gasteiger partial charge in [0.05, 0.1) is 4.90 Å². The van der Waals surface area contributed by atoms with Crippen LogP contribution in [0.15, 0.2) is 51.8 Å². The highest BCUT2D eigenvalue weighted by Crippen LogP contribution is 2.25. The van der Waals surface area contributed by atoms with E-state index < -0.39 is 21.7 Å². The molecule has 0 N–H and O–H groups in total. The summed E-state index contributed by atoms with van der Waals surface area (Å²) < 4.78 is 52.4. The van der Waals surface area contributed by atoms with Gasteiger partial charge in [-0.2, -0.15) is 4.31 Å². The van der Waals surface area contributed by atoms with Crippen molar-refractivity contribution >= 4 is 26.0 Å². The predicted octanol–water partition coefficient (Wildman–Crippen LogP) is 3.55. The molecule has 0 aliphatic heterocycles. The normalized spacial score (nSPS) is 11.9. The van der Waals surface area contributed by atoms with Crippen molar-refractivity contribution in [2.75, 3.05) is 7.05 Å². The van der Waals surface area contributed by atoms with E-state index in [9.17, 15) is 17.2 Å². The van der Waals surface area contributed by atoms with Gasteiger partial charge in [-0.1, -0.05) is 18.2 Å². The van der Waals surface area contributed by atoms with Gasteiger partial charge in [0.1, 0.15) is 0 Å². The van der Waals surface area contributed by atoms with Gasteiger partial charge in [0.2, 0.25) is 10.0 Å². The lowest BCUT2D eigenvalue weighted by Crippen LogP contribution is -2.26. The van der Waals surface area contributed by atoms with Crippen LogP contribution in [0.2, 0.25) is 0 Å². The van der Waals surface area contributed by atoms with Crippen LogP contribution in [0.4, 0.5) is 8.78 Å². The molecule has 0 spiro atoms. The van der Waals surface area contributed by atoms with Crippen molar-refractivity contribution in [1.29, 1.82) is 0 Å². The number of nitrogens with zero attached hydrogens (tertiary/aromatic N) is 1. The Morgan fingerprint density at radius 1 is 1.10 bits per heavy atom. The fourth-order valence-corrected chi connectivity index (χ4v) is 3.92. The third-order valence-electron chi connectivity index (χ3n) is 2.91. The molecule has 7 heteroatoms. The molecule has 3 nitrogen and oxygen atoms in total. The zero-order valence-corrected chi connectivity index (χ0v) is 13.5. The average molecular weight is 376 g/mol. The van der Waals surface area contributed by atoms with Crippen LogP contribution < -0.4 is 0 Å². The van der Waals surface area contributed by atoms with E-state index in [0.29, 0.717) is 10.0 Å². The van der Waals surface area contributed by atoms with E-state index >= 15 is 0 Å². The van der Waals surface area contributed by atoms with Gasteiger partial charge in [-0.05, 0) is 45.8 Å². The van der Waals surface area contributed by atoms with Crippen LogP contribution in [-0.2, 0) is 16.6 Å². The Morgan fingerprint density at radius 3 is 2.38 bits per heavy atom. The Morgan fingerprint density at radius 2 is 1.76 bits per heavy atom. The van der Waals surface area contributed by atoms with Crippen LogP contribution in [0, 0.1) is 11.6 Å². The quantitative estimate of drug-likeness (QED) is 0.819. The van der Waals surface area contributed by atoms with E-state index in [1.807, 2.05) is 0 Å². The molecule has 112 valence electrons. The lowest BCUT2D eigenvalue weighted by molar-refractivity contribution is 0.461. The summed E-state index contributed by atoms with van der Waals surface area (Å²) in [5.74, 6) is -1.96. The van der Waals surface area contributed by atoms with Gasteiger partial charge in [0.15, 0.2) is 11.6 Å². The molecule has 0 radical (unpaired) electrons. The third kappa shape index (κ3) is 3.48. The minimum absolute atomic E-state index is 0.0547. The molecule has 0 atom stereocenters. The second-order valence-electron chi connectivity index (χ2n) is 4.44. The van der Waals surface area contributed by atoms with E-state index in [4.69, 9.17) is 0 Å². The fraction of sp³-hybridized carbons (Fsp3) is 0.143. The minimum atomic E-state index is -3.72. The van der Waals surface area contributed by atoms with E-state index in [1.54, 1.807) is 18.2 Å². The van der Waals surface area contributed by atoms with Crippen molar-refractivity contribution in [3.05, 3.63) is 64.1 Å². The van der Waals surface area contributed by atoms with Crippen molar-refractivity contribution in [1.82, 2.24) is 4.31 Å². The molecule has 0 saturated heterocycles. The van der Waals surface area contributed by atoms with Gasteiger partial charge in [-0.15, -0.1) is 0 Å². The monoisotopic (exact) mass is 375 g/mol. The van der Waals surface area contributed by atoms with Crippen LogP contribution in [0.1, 0.15) is 5.56 Å². The van der Waals surface area contributed by atoms with E-state index in [2.05, 4.69) is 15.9 Å². The molecule has 0 unspecified atom stereocenters. The van der Waals surface area contributed by atoms with Gasteiger partial charge in [-0.25, -0.2) is 17.2 Å². The summed E-state index contributed by atoms with van der Waals surface area (Å²) in [4.78, 5) is 0.120. The largest absolute Gasteiger partial charge is 0.244 e. The molecule has 2 aromatic rings. The zero-order chi connectivity index (χ0) is 15.6. The topological polar surface area (TPSA) is 37.4 Å². The molecule has 0 aliphatic carbocycles. The number of hydrogen-bond donors (Lipinski definition) is 0. The predicted molar refractivity (Wildman–Crippen MR) is 79.2 cm³/mol. The van der Waals surface area contributed by atoms with Crippen molar-refractivity contribution in [2.45, 2.75) is 11.4 Å². The summed E-state index contributed by atoms with van der Waals surface area (Å²) in [7, 11) is -2.34. The maximum absolute atomic E-state index is 13.2. The first-order valence-electron chi connectivity index (χ1n) is 5.97. The summed E-state index contributed by atoms with van der Waals surface area (Å²) in [6.45, 7) is -0.0547. The summed E-state index contributed by atoms with van der Waals surface area (Å²) in [6.07, 6.45) is 0. The SMILES string of the molecule is CN(Cc1ccc(F)c(F)c1)S(=O)(=O)c1ccccc1Br. The van der Waals surface area contributed by atoms with Crippen LogP contribution in [-0.4, -0.2) is 19.8 Å². The molecule has 0 fully saturated rings. The molecule has 0 amide bonds. The summed E-state index contributed by atoms with van der Waals surface area (Å²) >= 11 is 3.19. The van der Waals surface area contributed by atoms with Gasteiger partial charge in [0, 0.05) is 18.1 Å². The van der Waals surface area contributed by atoms with Gasteiger partial charge < -0.3 is 0 Å². The fourth-order valence-electron chi connectivity index (χ4n) is 1.80. The van der Waals surface area contributed by atoms with Crippen LogP contribution in [0.5, 0.6) is 0 Å². The maximum Gasteiger partial charge on any atom is 0.244 e. The Labute approximate surface area is 130 Å². The van der Waals surface area contributed by atoms with Crippen LogP contribution in [0.3, 0.4) is 0 Å². The van der Waals surface area contributed by atoms with Crippen molar-refractivity contribution in [2.24, 2.45) is 0 Å². The standard InChI is InChI=1S/C14H12BrF2NO2S/c1-18(9-10-6-7-12(16)13(17)8-10)21(19,20)14-5-3-2-4-11(14)15/h2-8H,9H2,1H3. The summed E-state index contributed by atoms with van der Waals surface area (Å²) in [6, 6.07) is 9.73. The molecule has 2 aromatic carbocycles. The lowest BCUT2D eigenvalue weighted by atomic mass is 10.2. The highest BCUT2D eigenvalue weighted by molar-refractivity contribution is 9.10. The molecule has 0 aromatic heterocycles. The number of benzene rings is 2. The van der Waals surface area contributed by atoms with Crippen molar-refractivity contribution < 1.29 is 17.2 Å². The summed E-state index contributed by atoms with van der Waals surface area (Å²) in [5, 5.41) is 0. The Bertz CT molecular complexity index is 765. The van der Waals surface area contributed by atoms with E-state index in [0.717, 1.165) is 16.4 Å². The molecule has 21 heavy (non-hydrogen) atoms. The van der Waals surface area contributed by atoms with Gasteiger partial charge >= 0.3 is 0 Å². The van der Waals surface area contributed by atoms with Crippen LogP contribution >= 0.6 is 15.9 Å². The first kappa shape index (κ1) is 16.1. The summed E-state index contributed by atoms with van der Waals surface area (Å²) in [5.41, 5.74) is 0.368. The second-order valence-corrected chi connectivity index (χ2v) is 7.31. The highest BCUT2D eigenvalue weighted by Gasteiger charge is 2.23. The second kappa shape index (κ2) is 6.21. The van der Waals surface area contributed by atoms with Crippen molar-refractivity contribution in [3.63, 3.8) is 0 Å². The molecular formula is C14H12BrF2NO2S. The average Bonchev–Trinajstić information content (AvgIpc) is 2.43. The van der Waals surface area contributed by atoms with E-state index in [-0.39, 0.29) is 11.4 Å². The molecule has 0 saturated carbocycles. The third-order valence-corrected chi connectivity index (χ3v) is 5.73. The van der Waals surface area contributed by atoms with E-state index in [1.165, 1.54) is 19.2 Å². The molecule has 0 aliphatic rings. The maximum atomic E-state index is 13.2. The number of halogens is 3. The van der Waals surface area contributed by atoms with Crippen molar-refractivity contribution in [3.8, 4) is 0 Å². The Balaban J connectivity index is 2.29. The molecule has 0 bridgehead atoms.